The fourth-order valence-corrected chi connectivity index (χ4v) is 1.35. The molecule has 68 valence electrons. The second kappa shape index (κ2) is 3.11. The highest BCUT2D eigenvalue weighted by molar-refractivity contribution is 5.83. The third kappa shape index (κ3) is 1.27. The van der Waals surface area contributed by atoms with Crippen LogP contribution in [0.3, 0.4) is 0 Å². The number of furan rings is 1. The Labute approximate surface area is 75.5 Å². The minimum absolute atomic E-state index is 0.0114. The summed E-state index contributed by atoms with van der Waals surface area (Å²) in [5, 5.41) is 9.92. The average Bonchev–Trinajstić information content (AvgIpc) is 2.63. The summed E-state index contributed by atoms with van der Waals surface area (Å²) in [6.45, 7) is 0.0114. The van der Waals surface area contributed by atoms with Crippen molar-refractivity contribution in [2.24, 2.45) is 0 Å². The van der Waals surface area contributed by atoms with Gasteiger partial charge in [-0.05, 0) is 23.8 Å². The molecular weight excluding hydrogens is 168 g/mol. The van der Waals surface area contributed by atoms with Crippen LogP contribution in [0.5, 0.6) is 5.75 Å². The summed E-state index contributed by atoms with van der Waals surface area (Å²) in [6.07, 6.45) is 1.61. The zero-order valence-electron chi connectivity index (χ0n) is 7.28. The summed E-state index contributed by atoms with van der Waals surface area (Å²) in [6, 6.07) is 5.49. The molecule has 0 amide bonds. The van der Waals surface area contributed by atoms with Gasteiger partial charge in [-0.1, -0.05) is 0 Å². The van der Waals surface area contributed by atoms with Crippen molar-refractivity contribution < 1.29 is 14.3 Å². The van der Waals surface area contributed by atoms with Crippen molar-refractivity contribution in [3.63, 3.8) is 0 Å². The van der Waals surface area contributed by atoms with E-state index in [4.69, 9.17) is 14.3 Å². The molecule has 0 aliphatic rings. The smallest absolute Gasteiger partial charge is 0.175 e. The molecule has 1 N–H and O–H groups in total. The van der Waals surface area contributed by atoms with Crippen LogP contribution in [-0.2, 0) is 6.61 Å². The van der Waals surface area contributed by atoms with Crippen molar-refractivity contribution in [2.75, 3.05) is 7.11 Å². The summed E-state index contributed by atoms with van der Waals surface area (Å²) < 4.78 is 10.4. The number of hydrogen-bond donors (Lipinski definition) is 1. The van der Waals surface area contributed by atoms with Gasteiger partial charge in [0.05, 0.1) is 20.0 Å². The summed E-state index contributed by atoms with van der Waals surface area (Å²) >= 11 is 0. The highest BCUT2D eigenvalue weighted by Crippen LogP contribution is 2.28. The van der Waals surface area contributed by atoms with E-state index in [0.29, 0.717) is 5.75 Å². The molecule has 0 aliphatic heterocycles. The Morgan fingerprint density at radius 3 is 3.00 bits per heavy atom. The summed E-state index contributed by atoms with van der Waals surface area (Å²) in [5.41, 5.74) is 1.55. The second-order valence-electron chi connectivity index (χ2n) is 2.80. The van der Waals surface area contributed by atoms with Gasteiger partial charge in [0, 0.05) is 5.39 Å². The number of aliphatic hydroxyl groups excluding tert-OH is 1. The normalized spacial score (nSPS) is 10.6. The Morgan fingerprint density at radius 1 is 1.46 bits per heavy atom. The highest BCUT2D eigenvalue weighted by Gasteiger charge is 2.06. The fraction of sp³-hybridized carbons (Fsp3) is 0.200. The van der Waals surface area contributed by atoms with Gasteiger partial charge in [0.15, 0.2) is 11.3 Å². The summed E-state index contributed by atoms with van der Waals surface area (Å²) in [7, 11) is 1.58. The maximum Gasteiger partial charge on any atom is 0.175 e. The molecule has 13 heavy (non-hydrogen) atoms. The molecule has 0 bridgehead atoms. The first-order valence-electron chi connectivity index (χ1n) is 4.00. The molecule has 0 spiro atoms. The molecule has 0 aliphatic carbocycles. The molecule has 0 saturated heterocycles. The largest absolute Gasteiger partial charge is 0.493 e. The lowest BCUT2D eigenvalue weighted by Crippen LogP contribution is -1.87. The third-order valence-electron chi connectivity index (χ3n) is 1.98. The number of rotatable bonds is 2. The molecular formula is C10H10O3. The molecule has 3 nitrogen and oxygen atoms in total. The van der Waals surface area contributed by atoms with Crippen molar-refractivity contribution in [3.8, 4) is 5.75 Å². The lowest BCUT2D eigenvalue weighted by molar-refractivity contribution is 0.281. The van der Waals surface area contributed by atoms with Gasteiger partial charge in [0.1, 0.15) is 0 Å². The molecule has 0 atom stereocenters. The molecule has 1 heterocycles. The maximum atomic E-state index is 8.97. The molecule has 1 aromatic carbocycles. The Bertz CT molecular complexity index is 417. The molecule has 0 fully saturated rings. The van der Waals surface area contributed by atoms with E-state index in [-0.39, 0.29) is 6.61 Å². The molecule has 3 heteroatoms. The van der Waals surface area contributed by atoms with Crippen LogP contribution < -0.4 is 4.74 Å². The number of aliphatic hydroxyl groups is 1. The molecule has 2 aromatic rings. The Morgan fingerprint density at radius 2 is 2.31 bits per heavy atom. The second-order valence-corrected chi connectivity index (χ2v) is 2.80. The molecule has 2 rings (SSSR count). The number of hydrogen-bond acceptors (Lipinski definition) is 3. The fourth-order valence-electron chi connectivity index (χ4n) is 1.35. The van der Waals surface area contributed by atoms with Gasteiger partial charge in [0.2, 0.25) is 0 Å². The van der Waals surface area contributed by atoms with Gasteiger partial charge in [-0.25, -0.2) is 0 Å². The van der Waals surface area contributed by atoms with Crippen LogP contribution in [0.15, 0.2) is 28.9 Å². The van der Waals surface area contributed by atoms with E-state index in [0.717, 1.165) is 16.5 Å². The molecule has 0 saturated carbocycles. The van der Waals surface area contributed by atoms with E-state index in [2.05, 4.69) is 0 Å². The SMILES string of the molecule is COc1cc(CO)cc2ccoc12. The van der Waals surface area contributed by atoms with Crippen molar-refractivity contribution in [3.05, 3.63) is 30.0 Å². The van der Waals surface area contributed by atoms with Gasteiger partial charge in [-0.15, -0.1) is 0 Å². The predicted molar refractivity (Wildman–Crippen MR) is 48.7 cm³/mol. The zero-order valence-corrected chi connectivity index (χ0v) is 7.28. The van der Waals surface area contributed by atoms with Crippen LogP contribution >= 0.6 is 0 Å². The van der Waals surface area contributed by atoms with Crippen LogP contribution in [0.1, 0.15) is 5.56 Å². The summed E-state index contributed by atoms with van der Waals surface area (Å²) in [4.78, 5) is 0. The number of fused-ring (bicyclic) bond motifs is 1. The van der Waals surface area contributed by atoms with E-state index in [1.165, 1.54) is 0 Å². The van der Waals surface area contributed by atoms with E-state index >= 15 is 0 Å². The van der Waals surface area contributed by atoms with Gasteiger partial charge in [-0.3, -0.25) is 0 Å². The first-order chi connectivity index (χ1) is 6.35. The van der Waals surface area contributed by atoms with Crippen LogP contribution in [-0.4, -0.2) is 12.2 Å². The van der Waals surface area contributed by atoms with Crippen molar-refractivity contribution in [1.82, 2.24) is 0 Å². The molecule has 1 aromatic heterocycles. The van der Waals surface area contributed by atoms with Gasteiger partial charge in [-0.2, -0.15) is 0 Å². The van der Waals surface area contributed by atoms with Crippen molar-refractivity contribution >= 4 is 11.0 Å². The maximum absolute atomic E-state index is 8.97. The van der Waals surface area contributed by atoms with Gasteiger partial charge in [0.25, 0.3) is 0 Å². The monoisotopic (exact) mass is 178 g/mol. The predicted octanol–water partition coefficient (Wildman–Crippen LogP) is 1.93. The lowest BCUT2D eigenvalue weighted by atomic mass is 10.1. The van der Waals surface area contributed by atoms with Crippen LogP contribution in [0.25, 0.3) is 11.0 Å². The average molecular weight is 178 g/mol. The van der Waals surface area contributed by atoms with E-state index < -0.39 is 0 Å². The minimum atomic E-state index is 0.0114. The van der Waals surface area contributed by atoms with Crippen LogP contribution in [0.2, 0.25) is 0 Å². The molecule has 0 unspecified atom stereocenters. The number of ether oxygens (including phenoxy) is 1. The van der Waals surface area contributed by atoms with Gasteiger partial charge >= 0.3 is 0 Å². The quantitative estimate of drug-likeness (QED) is 0.764. The van der Waals surface area contributed by atoms with Crippen LogP contribution in [0.4, 0.5) is 0 Å². The first kappa shape index (κ1) is 8.13. The topological polar surface area (TPSA) is 42.6 Å². The zero-order chi connectivity index (χ0) is 9.26. The van der Waals surface area contributed by atoms with Crippen LogP contribution in [0, 0.1) is 0 Å². The Balaban J connectivity index is 2.70. The first-order valence-corrected chi connectivity index (χ1v) is 4.00. The summed E-state index contributed by atoms with van der Waals surface area (Å²) in [5.74, 6) is 0.659. The molecule has 0 radical (unpaired) electrons. The van der Waals surface area contributed by atoms with Crippen molar-refractivity contribution in [2.45, 2.75) is 6.61 Å². The Hall–Kier alpha value is -1.48. The third-order valence-corrected chi connectivity index (χ3v) is 1.98. The van der Waals surface area contributed by atoms with Gasteiger partial charge < -0.3 is 14.3 Å². The lowest BCUT2D eigenvalue weighted by Gasteiger charge is -2.02. The number of methoxy groups -OCH3 is 1. The highest BCUT2D eigenvalue weighted by atomic mass is 16.5. The van der Waals surface area contributed by atoms with E-state index in [9.17, 15) is 0 Å². The van der Waals surface area contributed by atoms with E-state index in [1.807, 2.05) is 12.1 Å². The standard InChI is InChI=1S/C10H10O3/c1-12-9-5-7(6-11)4-8-2-3-13-10(8)9/h2-5,11H,6H2,1H3. The minimum Gasteiger partial charge on any atom is -0.493 e. The number of benzene rings is 1. The van der Waals surface area contributed by atoms with Crippen molar-refractivity contribution in [1.29, 1.82) is 0 Å². The Kier molecular flexibility index (Phi) is 1.94. The van der Waals surface area contributed by atoms with E-state index in [1.54, 1.807) is 19.4 Å².